The first-order chi connectivity index (χ1) is 11.6. The molecule has 0 N–H and O–H groups in total. The van der Waals surface area contributed by atoms with Gasteiger partial charge in [-0.3, -0.25) is 0 Å². The zero-order chi connectivity index (χ0) is 18.1. The van der Waals surface area contributed by atoms with Crippen molar-refractivity contribution in [2.45, 2.75) is 117 Å². The summed E-state index contributed by atoms with van der Waals surface area (Å²) >= 11 is 0. The largest absolute Gasteiger partial charge is 0.391 e. The fourth-order valence-corrected chi connectivity index (χ4v) is 4.80. The molecule has 144 valence electrons. The predicted molar refractivity (Wildman–Crippen MR) is 110 cm³/mol. The summed E-state index contributed by atoms with van der Waals surface area (Å²) in [5.41, 5.74) is 1.93. The number of rotatable bonds is 18. The molecule has 0 aliphatic rings. The average molecular weight is 357 g/mol. The molecule has 0 heterocycles. The fraction of sp³-hybridized carbons (Fsp3) is 0.905. The Balaban J connectivity index is 3.51. The van der Waals surface area contributed by atoms with E-state index in [2.05, 4.69) is 33.9 Å². The smallest absolute Gasteiger partial charge is 0.361 e. The van der Waals surface area contributed by atoms with Crippen LogP contribution in [0.5, 0.6) is 0 Å². The molecule has 0 saturated carbocycles. The molecular formula is C21H44O2Si. The van der Waals surface area contributed by atoms with E-state index in [0.29, 0.717) is 0 Å². The van der Waals surface area contributed by atoms with E-state index in [1.807, 2.05) is 5.70 Å². The first-order valence-electron chi connectivity index (χ1n) is 10.5. The highest BCUT2D eigenvalue weighted by molar-refractivity contribution is 6.71. The second-order valence-corrected chi connectivity index (χ2v) is 10.3. The summed E-state index contributed by atoms with van der Waals surface area (Å²) in [6.07, 6.45) is 17.6. The van der Waals surface area contributed by atoms with Crippen LogP contribution in [0.15, 0.2) is 12.3 Å². The van der Waals surface area contributed by atoms with Crippen molar-refractivity contribution < 1.29 is 8.85 Å². The summed E-state index contributed by atoms with van der Waals surface area (Å²) in [4.78, 5) is 0. The third kappa shape index (κ3) is 14.2. The van der Waals surface area contributed by atoms with Gasteiger partial charge in [0.15, 0.2) is 0 Å². The lowest BCUT2D eigenvalue weighted by Crippen LogP contribution is -2.40. The quantitative estimate of drug-likeness (QED) is 0.189. The first-order valence-corrected chi connectivity index (χ1v) is 12.9. The maximum Gasteiger partial charge on any atom is 0.361 e. The number of unbranched alkanes of at least 4 members (excludes halogenated alkanes) is 10. The molecule has 0 radical (unpaired) electrons. The van der Waals surface area contributed by atoms with Crippen molar-refractivity contribution in [3.63, 3.8) is 0 Å². The molecule has 0 bridgehead atoms. The summed E-state index contributed by atoms with van der Waals surface area (Å²) in [5.74, 6) is 0. The van der Waals surface area contributed by atoms with Crippen LogP contribution < -0.4 is 0 Å². The Morgan fingerprint density at radius 3 is 1.79 bits per heavy atom. The second kappa shape index (κ2) is 16.4. The van der Waals surface area contributed by atoms with Crippen molar-refractivity contribution in [3.8, 4) is 0 Å². The highest BCUT2D eigenvalue weighted by atomic mass is 28.4. The van der Waals surface area contributed by atoms with Crippen LogP contribution in [-0.2, 0) is 8.85 Å². The zero-order valence-electron chi connectivity index (χ0n) is 17.1. The molecule has 0 amide bonds. The topological polar surface area (TPSA) is 18.5 Å². The molecule has 24 heavy (non-hydrogen) atoms. The molecule has 0 aromatic heterocycles. The second-order valence-electron chi connectivity index (χ2n) is 7.32. The standard InChI is InChI=1S/C21H44O2Si/c1-6-9-10-11-12-13-14-15-16-17-18-20-22-24(5,8-3)23-21(4)19-7-2/h8,21H,3,6-7,9-20H2,1-2,4-5H3. The van der Waals surface area contributed by atoms with Crippen molar-refractivity contribution in [3.05, 3.63) is 12.3 Å². The van der Waals surface area contributed by atoms with E-state index < -0.39 is 8.56 Å². The average Bonchev–Trinajstić information content (AvgIpc) is 2.56. The Morgan fingerprint density at radius 2 is 1.33 bits per heavy atom. The SMILES string of the molecule is C=C[Si](C)(OCCCCCCCCCCCCC)OC(C)CCC. The summed E-state index contributed by atoms with van der Waals surface area (Å²) in [6.45, 7) is 13.5. The number of hydrogen-bond donors (Lipinski definition) is 0. The fourth-order valence-electron chi connectivity index (χ4n) is 3.05. The van der Waals surface area contributed by atoms with Crippen LogP contribution in [0.25, 0.3) is 0 Å². The summed E-state index contributed by atoms with van der Waals surface area (Å²) in [7, 11) is -2.16. The normalized spacial score (nSPS) is 15.2. The van der Waals surface area contributed by atoms with Crippen LogP contribution in [0.1, 0.15) is 104 Å². The molecular weight excluding hydrogens is 312 g/mol. The molecule has 0 rings (SSSR count). The van der Waals surface area contributed by atoms with Crippen molar-refractivity contribution in [1.29, 1.82) is 0 Å². The lowest BCUT2D eigenvalue weighted by Gasteiger charge is -2.27. The minimum atomic E-state index is -2.16. The molecule has 0 aromatic carbocycles. The van der Waals surface area contributed by atoms with Crippen LogP contribution in [0.3, 0.4) is 0 Å². The van der Waals surface area contributed by atoms with Gasteiger partial charge in [-0.25, -0.2) is 0 Å². The van der Waals surface area contributed by atoms with Crippen molar-refractivity contribution >= 4 is 8.56 Å². The molecule has 3 heteroatoms. The van der Waals surface area contributed by atoms with Gasteiger partial charge >= 0.3 is 8.56 Å². The van der Waals surface area contributed by atoms with Crippen LogP contribution in [0.2, 0.25) is 6.55 Å². The van der Waals surface area contributed by atoms with E-state index in [0.717, 1.165) is 25.9 Å². The van der Waals surface area contributed by atoms with Crippen LogP contribution in [0.4, 0.5) is 0 Å². The van der Waals surface area contributed by atoms with Gasteiger partial charge < -0.3 is 8.85 Å². The van der Waals surface area contributed by atoms with Gasteiger partial charge in [0, 0.05) is 12.7 Å². The van der Waals surface area contributed by atoms with Crippen molar-refractivity contribution in [2.24, 2.45) is 0 Å². The van der Waals surface area contributed by atoms with E-state index in [9.17, 15) is 0 Å². The minimum absolute atomic E-state index is 0.280. The van der Waals surface area contributed by atoms with Gasteiger partial charge in [-0.1, -0.05) is 84.5 Å². The van der Waals surface area contributed by atoms with Crippen LogP contribution in [0, 0.1) is 0 Å². The predicted octanol–water partition coefficient (Wildman–Crippen LogP) is 7.32. The van der Waals surface area contributed by atoms with Gasteiger partial charge in [-0.15, -0.1) is 6.58 Å². The lowest BCUT2D eigenvalue weighted by molar-refractivity contribution is 0.127. The van der Waals surface area contributed by atoms with Crippen LogP contribution >= 0.6 is 0 Å². The molecule has 2 unspecified atom stereocenters. The molecule has 0 spiro atoms. The molecule has 0 aliphatic carbocycles. The Morgan fingerprint density at radius 1 is 0.833 bits per heavy atom. The summed E-state index contributed by atoms with van der Waals surface area (Å²) < 4.78 is 12.2. The summed E-state index contributed by atoms with van der Waals surface area (Å²) in [5, 5.41) is 0. The Bertz CT molecular complexity index is 283. The van der Waals surface area contributed by atoms with E-state index in [4.69, 9.17) is 8.85 Å². The monoisotopic (exact) mass is 356 g/mol. The minimum Gasteiger partial charge on any atom is -0.391 e. The zero-order valence-corrected chi connectivity index (χ0v) is 18.1. The van der Waals surface area contributed by atoms with Gasteiger partial charge in [0.1, 0.15) is 0 Å². The van der Waals surface area contributed by atoms with Gasteiger partial charge in [0.25, 0.3) is 0 Å². The van der Waals surface area contributed by atoms with Crippen molar-refractivity contribution in [2.75, 3.05) is 6.61 Å². The van der Waals surface area contributed by atoms with Crippen molar-refractivity contribution in [1.82, 2.24) is 0 Å². The van der Waals surface area contributed by atoms with E-state index in [-0.39, 0.29) is 6.10 Å². The maximum atomic E-state index is 6.13. The highest BCUT2D eigenvalue weighted by Crippen LogP contribution is 2.16. The third-order valence-electron chi connectivity index (χ3n) is 4.64. The first kappa shape index (κ1) is 23.9. The molecule has 0 aromatic rings. The molecule has 0 fully saturated rings. The molecule has 0 saturated heterocycles. The van der Waals surface area contributed by atoms with Gasteiger partial charge in [0.2, 0.25) is 0 Å². The third-order valence-corrected chi connectivity index (χ3v) is 7.03. The molecule has 2 atom stereocenters. The molecule has 0 aliphatic heterocycles. The number of hydrogen-bond acceptors (Lipinski definition) is 2. The van der Waals surface area contributed by atoms with E-state index in [1.165, 1.54) is 64.2 Å². The van der Waals surface area contributed by atoms with E-state index in [1.54, 1.807) is 0 Å². The Hall–Kier alpha value is -0.123. The van der Waals surface area contributed by atoms with Crippen LogP contribution in [-0.4, -0.2) is 21.3 Å². The summed E-state index contributed by atoms with van der Waals surface area (Å²) in [6, 6.07) is 0. The lowest BCUT2D eigenvalue weighted by atomic mass is 10.1. The molecule has 2 nitrogen and oxygen atoms in total. The van der Waals surface area contributed by atoms with Gasteiger partial charge in [-0.2, -0.15) is 0 Å². The van der Waals surface area contributed by atoms with Gasteiger partial charge in [-0.05, 0) is 32.0 Å². The van der Waals surface area contributed by atoms with E-state index >= 15 is 0 Å². The Labute approximate surface area is 153 Å². The maximum absolute atomic E-state index is 6.13. The highest BCUT2D eigenvalue weighted by Gasteiger charge is 2.29. The van der Waals surface area contributed by atoms with Gasteiger partial charge in [0.05, 0.1) is 0 Å². The Kier molecular flexibility index (Phi) is 16.3.